The van der Waals surface area contributed by atoms with E-state index in [-0.39, 0.29) is 30.0 Å². The number of aromatic nitrogens is 3. The highest BCUT2D eigenvalue weighted by atomic mass is 19.4. The summed E-state index contributed by atoms with van der Waals surface area (Å²) in [5.41, 5.74) is 2.98. The Morgan fingerprint density at radius 1 is 1.08 bits per heavy atom. The van der Waals surface area contributed by atoms with Crippen LogP contribution >= 0.6 is 0 Å². The van der Waals surface area contributed by atoms with Gasteiger partial charge in [0.15, 0.2) is 5.65 Å². The van der Waals surface area contributed by atoms with Crippen molar-refractivity contribution in [3.05, 3.63) is 94.3 Å². The van der Waals surface area contributed by atoms with Gasteiger partial charge in [-0.3, -0.25) is 14.7 Å². The Morgan fingerprint density at radius 2 is 1.92 bits per heavy atom. The molecule has 1 aliphatic rings. The van der Waals surface area contributed by atoms with Crippen molar-refractivity contribution in [1.82, 2.24) is 25.4 Å². The van der Waals surface area contributed by atoms with E-state index in [4.69, 9.17) is 0 Å². The van der Waals surface area contributed by atoms with Crippen LogP contribution in [-0.4, -0.2) is 38.4 Å². The van der Waals surface area contributed by atoms with E-state index in [1.807, 2.05) is 0 Å². The number of aromatic amines is 1. The highest BCUT2D eigenvalue weighted by molar-refractivity contribution is 5.94. The molecule has 5 rings (SSSR count). The third kappa shape index (κ3) is 4.79. The Labute approximate surface area is 204 Å². The lowest BCUT2D eigenvalue weighted by Crippen LogP contribution is -2.37. The lowest BCUT2D eigenvalue weighted by Gasteiger charge is -2.29. The molecule has 3 heterocycles. The largest absolute Gasteiger partial charge is 0.416 e. The topological polar surface area (TPSA) is 91.0 Å². The molecule has 4 aromatic rings. The van der Waals surface area contributed by atoms with E-state index < -0.39 is 17.6 Å². The van der Waals surface area contributed by atoms with Gasteiger partial charge in [-0.2, -0.15) is 18.3 Å². The fourth-order valence-corrected chi connectivity index (χ4v) is 4.51. The second-order valence-corrected chi connectivity index (χ2v) is 8.67. The zero-order valence-corrected chi connectivity index (χ0v) is 19.1. The lowest BCUT2D eigenvalue weighted by atomic mass is 9.98. The summed E-state index contributed by atoms with van der Waals surface area (Å²) in [6, 6.07) is 11.7. The smallest absolute Gasteiger partial charge is 0.348 e. The number of H-pyrrole nitrogens is 1. The van der Waals surface area contributed by atoms with Crippen molar-refractivity contribution in [2.24, 2.45) is 0 Å². The minimum atomic E-state index is -4.50. The minimum Gasteiger partial charge on any atom is -0.348 e. The van der Waals surface area contributed by atoms with Gasteiger partial charge in [0.05, 0.1) is 18.2 Å². The summed E-state index contributed by atoms with van der Waals surface area (Å²) < 4.78 is 39.6. The van der Waals surface area contributed by atoms with Crippen LogP contribution in [0.15, 0.2) is 60.9 Å². The van der Waals surface area contributed by atoms with Crippen LogP contribution in [0.3, 0.4) is 0 Å². The molecule has 0 spiro atoms. The van der Waals surface area contributed by atoms with Gasteiger partial charge in [0.2, 0.25) is 5.91 Å². The first kappa shape index (κ1) is 23.5. The molecule has 2 N–H and O–H groups in total. The van der Waals surface area contributed by atoms with Crippen LogP contribution in [-0.2, 0) is 36.9 Å². The second kappa shape index (κ2) is 9.44. The number of benzene rings is 2. The summed E-state index contributed by atoms with van der Waals surface area (Å²) in [7, 11) is 0. The number of pyridine rings is 1. The number of carbonyl (C=O) groups is 2. The molecule has 2 amide bonds. The molecule has 0 bridgehead atoms. The van der Waals surface area contributed by atoms with Crippen molar-refractivity contribution in [2.45, 2.75) is 32.1 Å². The van der Waals surface area contributed by atoms with Crippen LogP contribution in [0.2, 0.25) is 0 Å². The van der Waals surface area contributed by atoms with E-state index in [1.165, 1.54) is 18.2 Å². The predicted molar refractivity (Wildman–Crippen MR) is 126 cm³/mol. The fraction of sp³-hybridized carbons (Fsp3) is 0.231. The Balaban J connectivity index is 1.23. The normalized spacial score (nSPS) is 13.5. The predicted octanol–water partition coefficient (Wildman–Crippen LogP) is 4.03. The van der Waals surface area contributed by atoms with Crippen molar-refractivity contribution in [2.75, 3.05) is 6.54 Å². The van der Waals surface area contributed by atoms with Gasteiger partial charge in [0, 0.05) is 36.8 Å². The molecule has 184 valence electrons. The number of nitrogens with one attached hydrogen (secondary N) is 2. The number of hydrogen-bond acceptors (Lipinski definition) is 4. The number of alkyl halides is 3. The standard InChI is InChI=1S/C26H22F3N5O2/c27-26(28,29)22-7-2-1-5-18(22)12-31-25(36)17-6-3-4-16(10-17)11-23(35)34-9-8-20-19(15-34)13-30-24-21(20)14-32-33-24/h1-7,10,13-14H,8-9,11-12,15H2,(H,31,36)(H,30,32,33). The van der Waals surface area contributed by atoms with Crippen molar-refractivity contribution in [3.63, 3.8) is 0 Å². The molecule has 0 radical (unpaired) electrons. The van der Waals surface area contributed by atoms with E-state index in [0.29, 0.717) is 25.1 Å². The molecule has 0 saturated heterocycles. The first-order valence-corrected chi connectivity index (χ1v) is 11.4. The molecular weight excluding hydrogens is 471 g/mol. The van der Waals surface area contributed by atoms with Gasteiger partial charge in [0.1, 0.15) is 0 Å². The summed E-state index contributed by atoms with van der Waals surface area (Å²) in [4.78, 5) is 31.8. The highest BCUT2D eigenvalue weighted by Crippen LogP contribution is 2.31. The van der Waals surface area contributed by atoms with Gasteiger partial charge in [0.25, 0.3) is 5.91 Å². The van der Waals surface area contributed by atoms with Crippen molar-refractivity contribution < 1.29 is 22.8 Å². The fourth-order valence-electron chi connectivity index (χ4n) is 4.51. The van der Waals surface area contributed by atoms with Gasteiger partial charge in [-0.1, -0.05) is 30.3 Å². The quantitative estimate of drug-likeness (QED) is 0.439. The molecule has 0 aliphatic carbocycles. The SMILES string of the molecule is O=C(NCc1ccccc1C(F)(F)F)c1cccc(CC(=O)N2CCc3c(cnc4[nH]ncc34)C2)c1. The van der Waals surface area contributed by atoms with Crippen molar-refractivity contribution in [3.8, 4) is 0 Å². The van der Waals surface area contributed by atoms with Crippen LogP contribution in [0, 0.1) is 0 Å². The van der Waals surface area contributed by atoms with Crippen molar-refractivity contribution in [1.29, 1.82) is 0 Å². The Hall–Kier alpha value is -4.21. The molecule has 0 atom stereocenters. The number of amides is 2. The number of nitrogens with zero attached hydrogens (tertiary/aromatic N) is 3. The average Bonchev–Trinajstić information content (AvgIpc) is 3.36. The first-order valence-electron chi connectivity index (χ1n) is 11.4. The van der Waals surface area contributed by atoms with Crippen LogP contribution in [0.4, 0.5) is 13.2 Å². The van der Waals surface area contributed by atoms with Gasteiger partial charge in [-0.15, -0.1) is 0 Å². The molecule has 2 aromatic carbocycles. The zero-order chi connectivity index (χ0) is 25.3. The molecule has 0 saturated carbocycles. The average molecular weight is 493 g/mol. The van der Waals surface area contributed by atoms with E-state index in [2.05, 4.69) is 20.5 Å². The summed E-state index contributed by atoms with van der Waals surface area (Å²) in [5.74, 6) is -0.590. The van der Waals surface area contributed by atoms with E-state index >= 15 is 0 Å². The van der Waals surface area contributed by atoms with Crippen LogP contribution < -0.4 is 5.32 Å². The summed E-state index contributed by atoms with van der Waals surface area (Å²) >= 11 is 0. The van der Waals surface area contributed by atoms with Gasteiger partial charge < -0.3 is 10.2 Å². The second-order valence-electron chi connectivity index (χ2n) is 8.67. The van der Waals surface area contributed by atoms with E-state index in [0.717, 1.165) is 28.2 Å². The van der Waals surface area contributed by atoms with Crippen LogP contribution in [0.25, 0.3) is 11.0 Å². The van der Waals surface area contributed by atoms with Gasteiger partial charge >= 0.3 is 6.18 Å². The highest BCUT2D eigenvalue weighted by Gasteiger charge is 2.32. The number of fused-ring (bicyclic) bond motifs is 3. The molecule has 10 heteroatoms. The minimum absolute atomic E-state index is 0.0164. The Bertz CT molecular complexity index is 1450. The van der Waals surface area contributed by atoms with Crippen LogP contribution in [0.5, 0.6) is 0 Å². The Kier molecular flexibility index (Phi) is 6.17. The van der Waals surface area contributed by atoms with Crippen LogP contribution in [0.1, 0.15) is 38.2 Å². The lowest BCUT2D eigenvalue weighted by molar-refractivity contribution is -0.138. The number of carbonyl (C=O) groups excluding carboxylic acids is 2. The van der Waals surface area contributed by atoms with E-state index in [1.54, 1.807) is 41.6 Å². The van der Waals surface area contributed by atoms with E-state index in [9.17, 15) is 22.8 Å². The van der Waals surface area contributed by atoms with Crippen molar-refractivity contribution >= 4 is 22.8 Å². The number of halogens is 3. The first-order chi connectivity index (χ1) is 17.3. The third-order valence-corrected chi connectivity index (χ3v) is 6.33. The summed E-state index contributed by atoms with van der Waals surface area (Å²) in [5, 5.41) is 10.4. The molecular formula is C26H22F3N5O2. The monoisotopic (exact) mass is 493 g/mol. The molecule has 1 aliphatic heterocycles. The maximum Gasteiger partial charge on any atom is 0.416 e. The molecule has 7 nitrogen and oxygen atoms in total. The molecule has 0 unspecified atom stereocenters. The number of hydrogen-bond donors (Lipinski definition) is 2. The van der Waals surface area contributed by atoms with Gasteiger partial charge in [-0.25, -0.2) is 4.98 Å². The molecule has 2 aromatic heterocycles. The molecule has 36 heavy (non-hydrogen) atoms. The summed E-state index contributed by atoms with van der Waals surface area (Å²) in [6.07, 6.45) is -0.193. The molecule has 0 fully saturated rings. The van der Waals surface area contributed by atoms with Gasteiger partial charge in [-0.05, 0) is 46.9 Å². The maximum atomic E-state index is 13.2. The zero-order valence-electron chi connectivity index (χ0n) is 19.1. The number of rotatable bonds is 5. The summed E-state index contributed by atoms with van der Waals surface area (Å²) in [6.45, 7) is 0.749. The third-order valence-electron chi connectivity index (χ3n) is 6.33. The maximum absolute atomic E-state index is 13.2. The Morgan fingerprint density at radius 3 is 2.75 bits per heavy atom.